The van der Waals surface area contributed by atoms with Crippen molar-refractivity contribution < 1.29 is 0 Å². The largest absolute Gasteiger partial charge is 0.0836 e. The number of hydrogen-bond acceptors (Lipinski definition) is 0. The second-order valence-electron chi connectivity index (χ2n) is 4.41. The van der Waals surface area contributed by atoms with Crippen molar-refractivity contribution >= 4 is 0 Å². The molecule has 2 rings (SSSR count). The van der Waals surface area contributed by atoms with Crippen molar-refractivity contribution in [1.82, 2.24) is 0 Å². The molecule has 0 aromatic heterocycles. The first-order valence-corrected chi connectivity index (χ1v) is 5.35. The van der Waals surface area contributed by atoms with Crippen LogP contribution in [0.4, 0.5) is 0 Å². The molecule has 0 aromatic rings. The van der Waals surface area contributed by atoms with Crippen molar-refractivity contribution in [3.8, 4) is 0 Å². The lowest BCUT2D eigenvalue weighted by molar-refractivity contribution is 0.428. The monoisotopic (exact) mass is 174 g/mol. The molecule has 0 heteroatoms. The molecule has 0 aliphatic heterocycles. The maximum Gasteiger partial charge on any atom is -0.0136 e. The Hall–Kier alpha value is -0.780. The van der Waals surface area contributed by atoms with Gasteiger partial charge in [-0.3, -0.25) is 0 Å². The van der Waals surface area contributed by atoms with Gasteiger partial charge >= 0.3 is 0 Å². The zero-order valence-corrected chi connectivity index (χ0v) is 8.59. The van der Waals surface area contributed by atoms with Crippen molar-refractivity contribution in [2.45, 2.75) is 33.1 Å². The second kappa shape index (κ2) is 3.53. The quantitative estimate of drug-likeness (QED) is 0.566. The van der Waals surface area contributed by atoms with Gasteiger partial charge in [-0.15, -0.1) is 0 Å². The molecule has 0 saturated heterocycles. The third-order valence-corrected chi connectivity index (χ3v) is 3.19. The van der Waals surface area contributed by atoms with E-state index in [1.54, 1.807) is 5.57 Å². The van der Waals surface area contributed by atoms with Crippen LogP contribution >= 0.6 is 0 Å². The minimum Gasteiger partial charge on any atom is -0.0836 e. The van der Waals surface area contributed by atoms with Crippen LogP contribution in [0, 0.1) is 11.8 Å². The van der Waals surface area contributed by atoms with Gasteiger partial charge in [-0.25, -0.2) is 0 Å². The maximum atomic E-state index is 2.34. The number of allylic oxidation sites excluding steroid dienone is 6. The summed E-state index contributed by atoms with van der Waals surface area (Å²) in [6.07, 6.45) is 13.0. The molecule has 1 unspecified atom stereocenters. The molecule has 0 fully saturated rings. The van der Waals surface area contributed by atoms with E-state index in [0.29, 0.717) is 0 Å². The fourth-order valence-electron chi connectivity index (χ4n) is 2.42. The summed E-state index contributed by atoms with van der Waals surface area (Å²) in [7, 11) is 0. The van der Waals surface area contributed by atoms with Gasteiger partial charge < -0.3 is 0 Å². The van der Waals surface area contributed by atoms with Crippen molar-refractivity contribution in [2.75, 3.05) is 0 Å². The lowest BCUT2D eigenvalue weighted by atomic mass is 9.76. The summed E-state index contributed by atoms with van der Waals surface area (Å²) in [6, 6.07) is 0. The van der Waals surface area contributed by atoms with Gasteiger partial charge in [-0.2, -0.15) is 0 Å². The Morgan fingerprint density at radius 2 is 2.00 bits per heavy atom. The van der Waals surface area contributed by atoms with E-state index in [1.807, 2.05) is 0 Å². The standard InChI is InChI=1S/C13H18/c1-10(2)12-9-5-7-11-6-3-4-8-13(11)12/h3,5-7,10,12H,4,8-9H2,1-2H3. The van der Waals surface area contributed by atoms with Crippen LogP contribution < -0.4 is 0 Å². The molecule has 1 atom stereocenters. The van der Waals surface area contributed by atoms with E-state index < -0.39 is 0 Å². The van der Waals surface area contributed by atoms with Gasteiger partial charge in [0.25, 0.3) is 0 Å². The van der Waals surface area contributed by atoms with E-state index in [2.05, 4.69) is 38.2 Å². The van der Waals surface area contributed by atoms with Crippen LogP contribution in [0.2, 0.25) is 0 Å². The van der Waals surface area contributed by atoms with Crippen LogP contribution in [0.25, 0.3) is 0 Å². The summed E-state index contributed by atoms with van der Waals surface area (Å²) in [5.74, 6) is 1.60. The van der Waals surface area contributed by atoms with Gasteiger partial charge in [-0.05, 0) is 36.7 Å². The Morgan fingerprint density at radius 1 is 1.23 bits per heavy atom. The molecule has 0 heterocycles. The van der Waals surface area contributed by atoms with Crippen LogP contribution in [0.5, 0.6) is 0 Å². The first-order chi connectivity index (χ1) is 6.29. The topological polar surface area (TPSA) is 0 Å². The van der Waals surface area contributed by atoms with Gasteiger partial charge in [0.1, 0.15) is 0 Å². The molecule has 0 saturated carbocycles. The number of hydrogen-bond donors (Lipinski definition) is 0. The van der Waals surface area contributed by atoms with Crippen LogP contribution in [-0.4, -0.2) is 0 Å². The Morgan fingerprint density at radius 3 is 2.77 bits per heavy atom. The predicted molar refractivity (Wildman–Crippen MR) is 57.5 cm³/mol. The van der Waals surface area contributed by atoms with Crippen molar-refractivity contribution in [3.05, 3.63) is 35.5 Å². The minimum absolute atomic E-state index is 0.793. The van der Waals surface area contributed by atoms with Crippen LogP contribution in [-0.2, 0) is 0 Å². The Labute approximate surface area is 81.0 Å². The zero-order chi connectivity index (χ0) is 9.26. The fraction of sp³-hybridized carbons (Fsp3) is 0.538. The highest BCUT2D eigenvalue weighted by Crippen LogP contribution is 2.36. The molecule has 0 nitrogen and oxygen atoms in total. The summed E-state index contributed by atoms with van der Waals surface area (Å²) >= 11 is 0. The summed E-state index contributed by atoms with van der Waals surface area (Å²) in [6.45, 7) is 4.68. The van der Waals surface area contributed by atoms with E-state index in [1.165, 1.54) is 24.8 Å². The molecule has 13 heavy (non-hydrogen) atoms. The Kier molecular flexibility index (Phi) is 2.39. The minimum atomic E-state index is 0.793. The van der Waals surface area contributed by atoms with Gasteiger partial charge in [0, 0.05) is 0 Å². The van der Waals surface area contributed by atoms with E-state index >= 15 is 0 Å². The van der Waals surface area contributed by atoms with E-state index in [0.717, 1.165) is 11.8 Å². The van der Waals surface area contributed by atoms with E-state index in [-0.39, 0.29) is 0 Å². The predicted octanol–water partition coefficient (Wildman–Crippen LogP) is 3.87. The highest BCUT2D eigenvalue weighted by atomic mass is 14.3. The Bertz CT molecular complexity index is 272. The molecule has 70 valence electrons. The van der Waals surface area contributed by atoms with Crippen LogP contribution in [0.1, 0.15) is 33.1 Å². The summed E-state index contributed by atoms with van der Waals surface area (Å²) in [4.78, 5) is 0. The molecule has 2 aliphatic rings. The second-order valence-corrected chi connectivity index (χ2v) is 4.41. The van der Waals surface area contributed by atoms with Crippen LogP contribution in [0.3, 0.4) is 0 Å². The van der Waals surface area contributed by atoms with Gasteiger partial charge in [0.05, 0.1) is 0 Å². The van der Waals surface area contributed by atoms with E-state index in [4.69, 9.17) is 0 Å². The van der Waals surface area contributed by atoms with Crippen LogP contribution in [0.15, 0.2) is 35.5 Å². The maximum absolute atomic E-state index is 2.34. The van der Waals surface area contributed by atoms with Crippen molar-refractivity contribution in [2.24, 2.45) is 11.8 Å². The van der Waals surface area contributed by atoms with Crippen molar-refractivity contribution in [1.29, 1.82) is 0 Å². The van der Waals surface area contributed by atoms with Gasteiger partial charge in [-0.1, -0.05) is 43.7 Å². The Balaban J connectivity index is 2.30. The summed E-state index contributed by atoms with van der Waals surface area (Å²) in [5.41, 5.74) is 3.20. The lowest BCUT2D eigenvalue weighted by Gasteiger charge is -2.29. The normalized spacial score (nSPS) is 26.8. The average molecular weight is 174 g/mol. The van der Waals surface area contributed by atoms with Crippen molar-refractivity contribution in [3.63, 3.8) is 0 Å². The third kappa shape index (κ3) is 1.63. The molecule has 2 aliphatic carbocycles. The van der Waals surface area contributed by atoms with Gasteiger partial charge in [0.15, 0.2) is 0 Å². The first-order valence-electron chi connectivity index (χ1n) is 5.35. The molecular formula is C13H18. The average Bonchev–Trinajstić information content (AvgIpc) is 2.17. The summed E-state index contributed by atoms with van der Waals surface area (Å²) < 4.78 is 0. The molecule has 0 aromatic carbocycles. The van der Waals surface area contributed by atoms with Gasteiger partial charge in [0.2, 0.25) is 0 Å². The highest BCUT2D eigenvalue weighted by Gasteiger charge is 2.22. The third-order valence-electron chi connectivity index (χ3n) is 3.19. The fourth-order valence-corrected chi connectivity index (χ4v) is 2.42. The smallest absolute Gasteiger partial charge is 0.0136 e. The molecule has 0 amide bonds. The SMILES string of the molecule is CC(C)C1CC=CC2=C1CCC=C2. The lowest BCUT2D eigenvalue weighted by Crippen LogP contribution is -2.16. The molecule has 0 radical (unpaired) electrons. The molecular weight excluding hydrogens is 156 g/mol. The van der Waals surface area contributed by atoms with E-state index in [9.17, 15) is 0 Å². The highest BCUT2D eigenvalue weighted by molar-refractivity contribution is 5.42. The first kappa shape index (κ1) is 8.80. The summed E-state index contributed by atoms with van der Waals surface area (Å²) in [5, 5.41) is 0. The zero-order valence-electron chi connectivity index (χ0n) is 8.59. The molecule has 0 spiro atoms. The number of rotatable bonds is 1. The molecule has 0 N–H and O–H groups in total. The molecule has 0 bridgehead atoms.